The predicted molar refractivity (Wildman–Crippen MR) is 82.9 cm³/mol. The molecule has 0 aromatic heterocycles. The number of nitrogens with one attached hydrogen (secondary N) is 1. The van der Waals surface area contributed by atoms with E-state index in [0.717, 1.165) is 39.0 Å². The molecule has 1 unspecified atom stereocenters. The van der Waals surface area contributed by atoms with Crippen LogP contribution in [0.3, 0.4) is 0 Å². The molecule has 1 atom stereocenters. The van der Waals surface area contributed by atoms with E-state index >= 15 is 0 Å². The summed E-state index contributed by atoms with van der Waals surface area (Å²) in [6, 6.07) is 0. The lowest BCUT2D eigenvalue weighted by Crippen LogP contribution is -2.43. The molecule has 0 radical (unpaired) electrons. The van der Waals surface area contributed by atoms with Crippen molar-refractivity contribution in [1.82, 2.24) is 10.2 Å². The standard InChI is InChI=1S/C16H32N2O2/c1-13(2)11-17-9-8-14-7-6-10-18(12-14)15(19)20-16(3,4)5/h13-14,17H,6-12H2,1-5H3. The van der Waals surface area contributed by atoms with E-state index in [1.54, 1.807) is 0 Å². The summed E-state index contributed by atoms with van der Waals surface area (Å²) < 4.78 is 5.45. The van der Waals surface area contributed by atoms with Crippen molar-refractivity contribution in [2.45, 2.75) is 59.5 Å². The van der Waals surface area contributed by atoms with Gasteiger partial charge in [-0.1, -0.05) is 13.8 Å². The van der Waals surface area contributed by atoms with Crippen molar-refractivity contribution in [1.29, 1.82) is 0 Å². The highest BCUT2D eigenvalue weighted by molar-refractivity contribution is 5.68. The lowest BCUT2D eigenvalue weighted by molar-refractivity contribution is 0.0162. The van der Waals surface area contributed by atoms with Crippen molar-refractivity contribution in [3.63, 3.8) is 0 Å². The zero-order valence-corrected chi connectivity index (χ0v) is 13.9. The van der Waals surface area contributed by atoms with Gasteiger partial charge in [-0.15, -0.1) is 0 Å². The number of ether oxygens (including phenoxy) is 1. The van der Waals surface area contributed by atoms with Gasteiger partial charge >= 0.3 is 6.09 Å². The monoisotopic (exact) mass is 284 g/mol. The molecule has 1 saturated heterocycles. The number of likely N-dealkylation sites (tertiary alicyclic amines) is 1. The Morgan fingerprint density at radius 2 is 2.10 bits per heavy atom. The van der Waals surface area contributed by atoms with E-state index in [1.807, 2.05) is 25.7 Å². The number of amides is 1. The number of carbonyl (C=O) groups is 1. The molecule has 0 spiro atoms. The van der Waals surface area contributed by atoms with Gasteiger partial charge in [0.25, 0.3) is 0 Å². The highest BCUT2D eigenvalue weighted by atomic mass is 16.6. The van der Waals surface area contributed by atoms with Crippen molar-refractivity contribution in [3.05, 3.63) is 0 Å². The van der Waals surface area contributed by atoms with Crippen LogP contribution in [0.25, 0.3) is 0 Å². The molecule has 0 aromatic carbocycles. The molecule has 1 N–H and O–H groups in total. The van der Waals surface area contributed by atoms with Crippen LogP contribution in [0, 0.1) is 11.8 Å². The zero-order chi connectivity index (χ0) is 15.2. The zero-order valence-electron chi connectivity index (χ0n) is 13.9. The summed E-state index contributed by atoms with van der Waals surface area (Å²) in [6.45, 7) is 14.0. The maximum absolute atomic E-state index is 12.1. The summed E-state index contributed by atoms with van der Waals surface area (Å²) in [4.78, 5) is 13.9. The first-order valence-corrected chi connectivity index (χ1v) is 7.96. The van der Waals surface area contributed by atoms with Crippen LogP contribution < -0.4 is 5.32 Å². The molecule has 20 heavy (non-hydrogen) atoms. The van der Waals surface area contributed by atoms with E-state index in [2.05, 4.69) is 19.2 Å². The Bertz CT molecular complexity index is 297. The van der Waals surface area contributed by atoms with Gasteiger partial charge in [-0.05, 0) is 65.0 Å². The minimum atomic E-state index is -0.400. The van der Waals surface area contributed by atoms with Crippen molar-refractivity contribution in [2.75, 3.05) is 26.2 Å². The Balaban J connectivity index is 2.29. The molecule has 1 rings (SSSR count). The molecule has 0 aliphatic carbocycles. The number of carbonyl (C=O) groups excluding carboxylic acids is 1. The summed E-state index contributed by atoms with van der Waals surface area (Å²) in [6.07, 6.45) is 3.31. The lowest BCUT2D eigenvalue weighted by Gasteiger charge is -2.34. The van der Waals surface area contributed by atoms with Gasteiger partial charge in [-0.2, -0.15) is 0 Å². The SMILES string of the molecule is CC(C)CNCCC1CCCN(C(=O)OC(C)(C)C)C1. The quantitative estimate of drug-likeness (QED) is 0.788. The van der Waals surface area contributed by atoms with Crippen LogP contribution in [0.5, 0.6) is 0 Å². The molecular formula is C16H32N2O2. The Hall–Kier alpha value is -0.770. The minimum Gasteiger partial charge on any atom is -0.444 e. The highest BCUT2D eigenvalue weighted by Gasteiger charge is 2.27. The van der Waals surface area contributed by atoms with Crippen LogP contribution in [0.4, 0.5) is 4.79 Å². The van der Waals surface area contributed by atoms with Crippen molar-refractivity contribution < 1.29 is 9.53 Å². The first-order chi connectivity index (χ1) is 9.28. The highest BCUT2D eigenvalue weighted by Crippen LogP contribution is 2.21. The molecule has 1 aliphatic rings. The first-order valence-electron chi connectivity index (χ1n) is 7.96. The fourth-order valence-corrected chi connectivity index (χ4v) is 2.49. The van der Waals surface area contributed by atoms with Crippen molar-refractivity contribution in [3.8, 4) is 0 Å². The van der Waals surface area contributed by atoms with Crippen LogP contribution in [0.15, 0.2) is 0 Å². The molecule has 0 aromatic rings. The second kappa shape index (κ2) is 7.87. The number of nitrogens with zero attached hydrogens (tertiary/aromatic N) is 1. The molecule has 4 heteroatoms. The number of piperidine rings is 1. The summed E-state index contributed by atoms with van der Waals surface area (Å²) in [5.41, 5.74) is -0.400. The fourth-order valence-electron chi connectivity index (χ4n) is 2.49. The van der Waals surface area contributed by atoms with Crippen LogP contribution in [0.1, 0.15) is 53.9 Å². The van der Waals surface area contributed by atoms with E-state index < -0.39 is 5.60 Å². The Kier molecular flexibility index (Phi) is 6.80. The second-order valence-electron chi connectivity index (χ2n) is 7.32. The van der Waals surface area contributed by atoms with Gasteiger partial charge in [0.15, 0.2) is 0 Å². The summed E-state index contributed by atoms with van der Waals surface area (Å²) in [5, 5.41) is 3.48. The van der Waals surface area contributed by atoms with Crippen LogP contribution in [-0.4, -0.2) is 42.8 Å². The molecule has 1 heterocycles. The van der Waals surface area contributed by atoms with E-state index in [4.69, 9.17) is 4.74 Å². The van der Waals surface area contributed by atoms with Crippen LogP contribution in [-0.2, 0) is 4.74 Å². The summed E-state index contributed by atoms with van der Waals surface area (Å²) in [5.74, 6) is 1.30. The third kappa shape index (κ3) is 7.13. The van der Waals surface area contributed by atoms with E-state index in [9.17, 15) is 4.79 Å². The normalized spacial score (nSPS) is 20.3. The minimum absolute atomic E-state index is 0.155. The first kappa shape index (κ1) is 17.3. The van der Waals surface area contributed by atoms with Gasteiger partial charge < -0.3 is 15.0 Å². The molecule has 1 fully saturated rings. The van der Waals surface area contributed by atoms with Gasteiger partial charge in [0, 0.05) is 13.1 Å². The predicted octanol–water partition coefficient (Wildman–Crippen LogP) is 3.27. The average molecular weight is 284 g/mol. The van der Waals surface area contributed by atoms with Gasteiger partial charge in [-0.25, -0.2) is 4.79 Å². The van der Waals surface area contributed by atoms with E-state index in [1.165, 1.54) is 6.42 Å². The molecule has 118 valence electrons. The van der Waals surface area contributed by atoms with E-state index in [-0.39, 0.29) is 6.09 Å². The molecule has 4 nitrogen and oxygen atoms in total. The maximum Gasteiger partial charge on any atom is 0.410 e. The van der Waals surface area contributed by atoms with Gasteiger partial charge in [0.1, 0.15) is 5.60 Å². The van der Waals surface area contributed by atoms with Gasteiger partial charge in [-0.3, -0.25) is 0 Å². The molecule has 1 aliphatic heterocycles. The van der Waals surface area contributed by atoms with Crippen molar-refractivity contribution >= 4 is 6.09 Å². The number of rotatable bonds is 5. The van der Waals surface area contributed by atoms with Gasteiger partial charge in [0.05, 0.1) is 0 Å². The van der Waals surface area contributed by atoms with Crippen LogP contribution >= 0.6 is 0 Å². The Morgan fingerprint density at radius 3 is 2.70 bits per heavy atom. The lowest BCUT2D eigenvalue weighted by atomic mass is 9.95. The number of hydrogen-bond acceptors (Lipinski definition) is 3. The topological polar surface area (TPSA) is 41.6 Å². The van der Waals surface area contributed by atoms with Crippen molar-refractivity contribution in [2.24, 2.45) is 11.8 Å². The largest absolute Gasteiger partial charge is 0.444 e. The Labute approximate surface area is 124 Å². The molecule has 1 amide bonds. The average Bonchev–Trinajstić information content (AvgIpc) is 2.33. The van der Waals surface area contributed by atoms with E-state index in [0.29, 0.717) is 11.8 Å². The second-order valence-corrected chi connectivity index (χ2v) is 7.32. The smallest absolute Gasteiger partial charge is 0.410 e. The maximum atomic E-state index is 12.1. The molecule has 0 saturated carbocycles. The van der Waals surface area contributed by atoms with Crippen LogP contribution in [0.2, 0.25) is 0 Å². The molecule has 0 bridgehead atoms. The third-order valence-corrected chi connectivity index (χ3v) is 3.45. The molecular weight excluding hydrogens is 252 g/mol. The summed E-state index contributed by atoms with van der Waals surface area (Å²) >= 11 is 0. The third-order valence-electron chi connectivity index (χ3n) is 3.45. The number of hydrogen-bond donors (Lipinski definition) is 1. The summed E-state index contributed by atoms with van der Waals surface area (Å²) in [7, 11) is 0. The fraction of sp³-hybridized carbons (Fsp3) is 0.938. The van der Waals surface area contributed by atoms with Gasteiger partial charge in [0.2, 0.25) is 0 Å². The Morgan fingerprint density at radius 1 is 1.40 bits per heavy atom.